The van der Waals surface area contributed by atoms with Crippen LogP contribution in [-0.2, 0) is 9.53 Å². The number of nitrogens with one attached hydrogen (secondary N) is 1. The van der Waals surface area contributed by atoms with Crippen molar-refractivity contribution >= 4 is 39.9 Å². The fourth-order valence-corrected chi connectivity index (χ4v) is 3.46. The summed E-state index contributed by atoms with van der Waals surface area (Å²) in [6.45, 7) is 2.29. The molecule has 0 bridgehead atoms. The van der Waals surface area contributed by atoms with Crippen molar-refractivity contribution in [3.05, 3.63) is 53.6 Å². The van der Waals surface area contributed by atoms with Crippen molar-refractivity contribution in [3.63, 3.8) is 0 Å². The van der Waals surface area contributed by atoms with E-state index in [9.17, 15) is 14.7 Å². The molecule has 1 amide bonds. The smallest absolute Gasteiger partial charge is 0.337 e. The fraction of sp³-hybridized carbons (Fsp3) is 0.292. The summed E-state index contributed by atoms with van der Waals surface area (Å²) in [5.41, 5.74) is 3.80. The molecule has 0 unspecified atom stereocenters. The maximum atomic E-state index is 12.3. The van der Waals surface area contributed by atoms with Crippen LogP contribution in [-0.4, -0.2) is 67.4 Å². The highest BCUT2D eigenvalue weighted by Crippen LogP contribution is 2.31. The minimum absolute atomic E-state index is 0.00413. The van der Waals surface area contributed by atoms with Gasteiger partial charge < -0.3 is 24.6 Å². The molecule has 0 aliphatic heterocycles. The lowest BCUT2D eigenvalue weighted by Crippen LogP contribution is -2.34. The van der Waals surface area contributed by atoms with Crippen molar-refractivity contribution in [2.24, 2.45) is 4.99 Å². The summed E-state index contributed by atoms with van der Waals surface area (Å²) in [4.78, 5) is 35.1. The van der Waals surface area contributed by atoms with Gasteiger partial charge in [-0.05, 0) is 56.9 Å². The third kappa shape index (κ3) is 4.81. The van der Waals surface area contributed by atoms with Crippen LogP contribution in [0.2, 0.25) is 0 Å². The summed E-state index contributed by atoms with van der Waals surface area (Å²) >= 11 is 0. The summed E-state index contributed by atoms with van der Waals surface area (Å²) in [6.07, 6.45) is 0.586. The van der Waals surface area contributed by atoms with E-state index in [2.05, 4.69) is 4.98 Å². The van der Waals surface area contributed by atoms with Crippen LogP contribution < -0.4 is 4.90 Å². The van der Waals surface area contributed by atoms with Gasteiger partial charge in [0, 0.05) is 23.6 Å². The van der Waals surface area contributed by atoms with E-state index in [1.807, 2.05) is 50.2 Å². The fourth-order valence-electron chi connectivity index (χ4n) is 3.46. The first-order chi connectivity index (χ1) is 15.2. The van der Waals surface area contributed by atoms with E-state index in [0.717, 1.165) is 11.1 Å². The van der Waals surface area contributed by atoms with Crippen molar-refractivity contribution in [3.8, 4) is 5.88 Å². The maximum absolute atomic E-state index is 12.3. The Morgan fingerprint density at radius 1 is 1.09 bits per heavy atom. The van der Waals surface area contributed by atoms with E-state index >= 15 is 0 Å². The Morgan fingerprint density at radius 2 is 1.78 bits per heavy atom. The minimum Gasteiger partial charge on any atom is -0.494 e. The molecule has 0 radical (unpaired) electrons. The van der Waals surface area contributed by atoms with Gasteiger partial charge in [-0.25, -0.2) is 4.79 Å². The average Bonchev–Trinajstić information content (AvgIpc) is 3.11. The number of anilines is 1. The largest absolute Gasteiger partial charge is 0.494 e. The molecule has 1 heterocycles. The Kier molecular flexibility index (Phi) is 6.95. The van der Waals surface area contributed by atoms with E-state index in [0.29, 0.717) is 41.0 Å². The van der Waals surface area contributed by atoms with E-state index < -0.39 is 5.97 Å². The second-order valence-electron chi connectivity index (χ2n) is 7.72. The molecule has 0 aliphatic carbocycles. The molecule has 0 saturated carbocycles. The predicted molar refractivity (Wildman–Crippen MR) is 126 cm³/mol. The van der Waals surface area contributed by atoms with E-state index in [1.165, 1.54) is 7.11 Å². The Bertz CT molecular complexity index is 1160. The highest BCUT2D eigenvalue weighted by atomic mass is 16.5. The minimum atomic E-state index is -0.443. The third-order valence-electron chi connectivity index (χ3n) is 5.15. The zero-order valence-corrected chi connectivity index (χ0v) is 19.0. The molecule has 3 rings (SSSR count). The molecule has 8 heteroatoms. The number of hydrogen-bond acceptors (Lipinski definition) is 6. The summed E-state index contributed by atoms with van der Waals surface area (Å²) in [5.74, 6) is -0.454. The third-order valence-corrected chi connectivity index (χ3v) is 5.15. The molecule has 3 aromatic rings. The first kappa shape index (κ1) is 23.0. The molecule has 168 valence electrons. The molecule has 0 atom stereocenters. The summed E-state index contributed by atoms with van der Waals surface area (Å²) in [6, 6.07) is 12.4. The number of benzene rings is 2. The Labute approximate surface area is 187 Å². The van der Waals surface area contributed by atoms with E-state index in [4.69, 9.17) is 9.73 Å². The van der Waals surface area contributed by atoms with Crippen molar-refractivity contribution in [1.29, 1.82) is 0 Å². The predicted octanol–water partition coefficient (Wildman–Crippen LogP) is 3.72. The van der Waals surface area contributed by atoms with Crippen molar-refractivity contribution in [2.75, 3.05) is 39.7 Å². The van der Waals surface area contributed by atoms with Crippen LogP contribution >= 0.6 is 0 Å². The number of hydrogen-bond donors (Lipinski definition) is 2. The Hall–Kier alpha value is -3.65. The molecule has 32 heavy (non-hydrogen) atoms. The van der Waals surface area contributed by atoms with Crippen molar-refractivity contribution in [2.45, 2.75) is 13.3 Å². The molecule has 0 saturated heterocycles. The van der Waals surface area contributed by atoms with Crippen LogP contribution in [0.4, 0.5) is 11.4 Å². The Balaban J connectivity index is 1.92. The first-order valence-electron chi connectivity index (χ1n) is 10.3. The lowest BCUT2D eigenvalue weighted by molar-refractivity contribution is -0.118. The van der Waals surface area contributed by atoms with Gasteiger partial charge in [-0.15, -0.1) is 0 Å². The SMILES string of the molecule is CCC(=Nc1ccc(N(C)C(=O)CN(C)C)cc1)c1c(O)[nH]c2cc(C(=O)OC)ccc12. The number of methoxy groups -OCH3 is 1. The van der Waals surface area contributed by atoms with Gasteiger partial charge in [-0.3, -0.25) is 9.79 Å². The number of nitrogens with zero attached hydrogens (tertiary/aromatic N) is 3. The van der Waals surface area contributed by atoms with E-state index in [-0.39, 0.29) is 11.8 Å². The zero-order valence-electron chi connectivity index (χ0n) is 19.0. The molecular formula is C24H28N4O4. The van der Waals surface area contributed by atoms with Crippen LogP contribution in [0.25, 0.3) is 10.9 Å². The monoisotopic (exact) mass is 436 g/mol. The lowest BCUT2D eigenvalue weighted by atomic mass is 10.0. The number of fused-ring (bicyclic) bond motifs is 1. The highest BCUT2D eigenvalue weighted by molar-refractivity contribution is 6.14. The van der Waals surface area contributed by atoms with Crippen molar-refractivity contribution < 1.29 is 19.4 Å². The number of likely N-dealkylation sites (N-methyl/N-ethyl adjacent to an activating group) is 2. The van der Waals surface area contributed by atoms with Crippen LogP contribution in [0, 0.1) is 0 Å². The van der Waals surface area contributed by atoms with Gasteiger partial charge in [-0.2, -0.15) is 0 Å². The van der Waals surface area contributed by atoms with Gasteiger partial charge in [0.05, 0.1) is 36.2 Å². The topological polar surface area (TPSA) is 98.2 Å². The molecule has 0 aliphatic rings. The number of amides is 1. The first-order valence-corrected chi connectivity index (χ1v) is 10.3. The number of ether oxygens (including phenoxy) is 1. The number of carbonyl (C=O) groups excluding carboxylic acids is 2. The van der Waals surface area contributed by atoms with Gasteiger partial charge in [-0.1, -0.05) is 13.0 Å². The highest BCUT2D eigenvalue weighted by Gasteiger charge is 2.18. The van der Waals surface area contributed by atoms with Gasteiger partial charge in [0.15, 0.2) is 5.88 Å². The Morgan fingerprint density at radius 3 is 2.38 bits per heavy atom. The normalized spacial score (nSPS) is 11.8. The number of aliphatic imine (C=N–C) groups is 1. The summed E-state index contributed by atoms with van der Waals surface area (Å²) in [7, 11) is 6.78. The van der Waals surface area contributed by atoms with Gasteiger partial charge in [0.1, 0.15) is 0 Å². The zero-order chi connectivity index (χ0) is 23.4. The molecule has 2 N–H and O–H groups in total. The molecule has 2 aromatic carbocycles. The number of aromatic nitrogens is 1. The lowest BCUT2D eigenvalue weighted by Gasteiger charge is -2.19. The van der Waals surface area contributed by atoms with Gasteiger partial charge in [0.25, 0.3) is 0 Å². The molecule has 1 aromatic heterocycles. The standard InChI is InChI=1S/C24H28N4O4/c1-6-19(22-18-12-7-15(24(31)32-5)13-20(18)26-23(22)30)25-16-8-10-17(11-9-16)28(4)21(29)14-27(2)3/h7-13,26,30H,6,14H2,1-5H3. The number of H-pyrrole nitrogens is 1. The number of aromatic amines is 1. The number of esters is 1. The number of rotatable bonds is 7. The van der Waals surface area contributed by atoms with Crippen molar-refractivity contribution in [1.82, 2.24) is 9.88 Å². The van der Waals surface area contributed by atoms with E-state index in [1.54, 1.807) is 30.1 Å². The van der Waals surface area contributed by atoms with Crippen LogP contribution in [0.15, 0.2) is 47.5 Å². The number of aromatic hydroxyl groups is 1. The van der Waals surface area contributed by atoms with Crippen LogP contribution in [0.5, 0.6) is 5.88 Å². The van der Waals surface area contributed by atoms with Crippen LogP contribution in [0.3, 0.4) is 0 Å². The maximum Gasteiger partial charge on any atom is 0.337 e. The molecule has 0 fully saturated rings. The quantitative estimate of drug-likeness (QED) is 0.435. The second-order valence-corrected chi connectivity index (χ2v) is 7.72. The van der Waals surface area contributed by atoms with Gasteiger partial charge in [0.2, 0.25) is 5.91 Å². The van der Waals surface area contributed by atoms with Gasteiger partial charge >= 0.3 is 5.97 Å². The molecule has 0 spiro atoms. The summed E-state index contributed by atoms with van der Waals surface area (Å²) in [5, 5.41) is 11.3. The average molecular weight is 437 g/mol. The molecule has 8 nitrogen and oxygen atoms in total. The number of carbonyl (C=O) groups is 2. The van der Waals surface area contributed by atoms with Crippen LogP contribution in [0.1, 0.15) is 29.3 Å². The molecular weight excluding hydrogens is 408 g/mol. The summed E-state index contributed by atoms with van der Waals surface area (Å²) < 4.78 is 4.76. The second kappa shape index (κ2) is 9.65.